The summed E-state index contributed by atoms with van der Waals surface area (Å²) in [4.78, 5) is 21.0. The molecule has 1 unspecified atom stereocenters. The Hall–Kier alpha value is -3.70. The molecule has 1 aromatic heterocycles. The van der Waals surface area contributed by atoms with E-state index < -0.39 is 12.1 Å². The molecule has 4 rings (SSSR count). The van der Waals surface area contributed by atoms with Crippen molar-refractivity contribution >= 4 is 11.9 Å². The number of amides is 1. The van der Waals surface area contributed by atoms with E-state index in [0.717, 1.165) is 24.2 Å². The van der Waals surface area contributed by atoms with E-state index in [2.05, 4.69) is 23.6 Å². The molecule has 0 radical (unpaired) electrons. The molecule has 1 amide bonds. The molecular weight excluding hydrogens is 479 g/mol. The van der Waals surface area contributed by atoms with Crippen molar-refractivity contribution in [3.05, 3.63) is 89.2 Å². The predicted octanol–water partition coefficient (Wildman–Crippen LogP) is 3.51. The number of benzene rings is 2. The van der Waals surface area contributed by atoms with Gasteiger partial charge in [0.25, 0.3) is 0 Å². The maximum atomic E-state index is 12.1. The first-order valence-electron chi connectivity index (χ1n) is 11.1. The van der Waals surface area contributed by atoms with Gasteiger partial charge in [-0.15, -0.1) is 0 Å². The molecule has 1 atom stereocenters. The minimum absolute atomic E-state index is 0.0247. The van der Waals surface area contributed by atoms with Gasteiger partial charge in [-0.2, -0.15) is 18.3 Å². The molecule has 1 aliphatic heterocycles. The van der Waals surface area contributed by atoms with Crippen molar-refractivity contribution in [2.45, 2.75) is 31.9 Å². The first-order valence-corrected chi connectivity index (χ1v) is 11.1. The number of aliphatic carboxylic acids is 1. The van der Waals surface area contributed by atoms with E-state index in [4.69, 9.17) is 24.5 Å². The highest BCUT2D eigenvalue weighted by Crippen LogP contribution is 2.25. The van der Waals surface area contributed by atoms with Crippen LogP contribution in [0, 0.1) is 0 Å². The van der Waals surface area contributed by atoms with Crippen LogP contribution in [0.1, 0.15) is 28.5 Å². The largest absolute Gasteiger partial charge is 0.490 e. The summed E-state index contributed by atoms with van der Waals surface area (Å²) in [5, 5.41) is 14.7. The molecule has 0 fully saturated rings. The van der Waals surface area contributed by atoms with E-state index in [1.54, 1.807) is 0 Å². The summed E-state index contributed by atoms with van der Waals surface area (Å²) in [5.74, 6) is -2.91. The van der Waals surface area contributed by atoms with Gasteiger partial charge in [0, 0.05) is 12.7 Å². The number of carbonyl (C=O) groups is 2. The number of ether oxygens (including phenoxy) is 2. The van der Waals surface area contributed by atoms with Gasteiger partial charge in [0.2, 0.25) is 5.91 Å². The molecule has 0 saturated heterocycles. The van der Waals surface area contributed by atoms with Crippen LogP contribution >= 0.6 is 0 Å². The highest BCUT2D eigenvalue weighted by Gasteiger charge is 2.38. The molecule has 8 nitrogen and oxygen atoms in total. The van der Waals surface area contributed by atoms with Gasteiger partial charge in [0.05, 0.1) is 25.5 Å². The lowest BCUT2D eigenvalue weighted by atomic mass is 10.1. The zero-order valence-corrected chi connectivity index (χ0v) is 19.3. The number of hydrogen-bond acceptors (Lipinski definition) is 5. The predicted molar refractivity (Wildman–Crippen MR) is 123 cm³/mol. The van der Waals surface area contributed by atoms with Crippen molar-refractivity contribution in [3.63, 3.8) is 0 Å². The Bertz CT molecular complexity index is 1120. The monoisotopic (exact) mass is 505 g/mol. The number of carboxylic acid groups (broad SMARTS) is 1. The zero-order chi connectivity index (χ0) is 26.0. The maximum absolute atomic E-state index is 12.1. The Kier molecular flexibility index (Phi) is 9.60. The summed E-state index contributed by atoms with van der Waals surface area (Å²) >= 11 is 0. The van der Waals surface area contributed by atoms with Crippen molar-refractivity contribution in [3.8, 4) is 0 Å². The number of fused-ring (bicyclic) bond motifs is 1. The van der Waals surface area contributed by atoms with Crippen LogP contribution in [0.3, 0.4) is 0 Å². The summed E-state index contributed by atoms with van der Waals surface area (Å²) in [7, 11) is 0. The average molecular weight is 505 g/mol. The number of rotatable bonds is 8. The molecular formula is C25H26F3N3O5. The number of hydrogen-bond donors (Lipinski definition) is 2. The van der Waals surface area contributed by atoms with Gasteiger partial charge in [-0.1, -0.05) is 60.7 Å². The van der Waals surface area contributed by atoms with Crippen LogP contribution in [-0.2, 0) is 38.6 Å². The maximum Gasteiger partial charge on any atom is 0.490 e. The quantitative estimate of drug-likeness (QED) is 0.486. The van der Waals surface area contributed by atoms with Crippen molar-refractivity contribution < 1.29 is 37.3 Å². The zero-order valence-electron chi connectivity index (χ0n) is 19.3. The Morgan fingerprint density at radius 3 is 2.31 bits per heavy atom. The van der Waals surface area contributed by atoms with Crippen molar-refractivity contribution in [2.75, 3.05) is 19.8 Å². The van der Waals surface area contributed by atoms with Crippen LogP contribution in [-0.4, -0.2) is 52.7 Å². The Morgan fingerprint density at radius 2 is 1.69 bits per heavy atom. The van der Waals surface area contributed by atoms with Gasteiger partial charge >= 0.3 is 12.1 Å². The summed E-state index contributed by atoms with van der Waals surface area (Å²) in [6, 6.07) is 20.0. The van der Waals surface area contributed by atoms with E-state index in [1.165, 1.54) is 11.1 Å². The highest BCUT2D eigenvalue weighted by molar-refractivity contribution is 5.77. The van der Waals surface area contributed by atoms with Crippen molar-refractivity contribution in [2.24, 2.45) is 0 Å². The Balaban J connectivity index is 0.000000454. The van der Waals surface area contributed by atoms with Crippen LogP contribution in [0.5, 0.6) is 0 Å². The summed E-state index contributed by atoms with van der Waals surface area (Å²) < 4.78 is 45.0. The topological polar surface area (TPSA) is 103 Å². The normalized spacial score (nSPS) is 14.8. The molecule has 36 heavy (non-hydrogen) atoms. The molecule has 192 valence electrons. The second kappa shape index (κ2) is 12.8. The molecule has 1 aliphatic rings. The summed E-state index contributed by atoms with van der Waals surface area (Å²) in [6.45, 7) is 2.19. The van der Waals surface area contributed by atoms with E-state index in [-0.39, 0.29) is 18.6 Å². The number of carboxylic acids is 1. The van der Waals surface area contributed by atoms with Gasteiger partial charge in [0.15, 0.2) is 0 Å². The molecule has 0 aliphatic carbocycles. The van der Waals surface area contributed by atoms with Crippen molar-refractivity contribution in [1.29, 1.82) is 0 Å². The fourth-order valence-electron chi connectivity index (χ4n) is 3.43. The van der Waals surface area contributed by atoms with Gasteiger partial charge in [-0.25, -0.2) is 4.79 Å². The van der Waals surface area contributed by atoms with Gasteiger partial charge in [-0.3, -0.25) is 9.48 Å². The third-order valence-electron chi connectivity index (χ3n) is 5.12. The van der Waals surface area contributed by atoms with E-state index in [1.807, 2.05) is 53.2 Å². The second-order valence-electron chi connectivity index (χ2n) is 7.92. The Labute approximate surface area is 205 Å². The number of alkyl halides is 3. The van der Waals surface area contributed by atoms with E-state index in [0.29, 0.717) is 19.8 Å². The Morgan fingerprint density at radius 1 is 1.08 bits per heavy atom. The second-order valence-corrected chi connectivity index (χ2v) is 7.92. The number of carbonyl (C=O) groups excluding carboxylic acids is 1. The lowest BCUT2D eigenvalue weighted by Gasteiger charge is -2.22. The lowest BCUT2D eigenvalue weighted by molar-refractivity contribution is -0.192. The number of halogens is 3. The molecule has 0 spiro atoms. The minimum Gasteiger partial charge on any atom is -0.475 e. The van der Waals surface area contributed by atoms with Crippen LogP contribution in [0.15, 0.2) is 66.9 Å². The minimum atomic E-state index is -5.08. The van der Waals surface area contributed by atoms with Gasteiger partial charge in [0.1, 0.15) is 12.7 Å². The van der Waals surface area contributed by atoms with Crippen LogP contribution in [0.4, 0.5) is 13.2 Å². The standard InChI is InChI=1S/C23H25N3O3.C2HF3O2/c27-22(17-28-16-19-9-5-2-6-10-19)24-13-21-23-20(11-12-29-21)15-26(25-23)14-18-7-3-1-4-8-18;3-2(4,5)1(6)7/h1-10,15,21H,11-14,16-17H2,(H,24,27);(H,6,7). The smallest absolute Gasteiger partial charge is 0.475 e. The molecule has 3 aromatic rings. The van der Waals surface area contributed by atoms with Gasteiger partial charge in [-0.05, 0) is 23.1 Å². The highest BCUT2D eigenvalue weighted by atomic mass is 19.4. The summed E-state index contributed by atoms with van der Waals surface area (Å²) in [6.07, 6.45) is -2.38. The fraction of sp³-hybridized carbons (Fsp3) is 0.320. The average Bonchev–Trinajstić information content (AvgIpc) is 3.27. The number of nitrogens with one attached hydrogen (secondary N) is 1. The van der Waals surface area contributed by atoms with E-state index >= 15 is 0 Å². The third-order valence-corrected chi connectivity index (χ3v) is 5.12. The van der Waals surface area contributed by atoms with Crippen LogP contribution in [0.2, 0.25) is 0 Å². The SMILES string of the molecule is O=C(COCc1ccccc1)NCC1OCCc2cn(Cc3ccccc3)nc21.O=C(O)C(F)(F)F. The molecule has 2 aromatic carbocycles. The molecule has 2 N–H and O–H groups in total. The van der Waals surface area contributed by atoms with Crippen molar-refractivity contribution in [1.82, 2.24) is 15.1 Å². The first kappa shape index (κ1) is 26.9. The first-order chi connectivity index (χ1) is 17.2. The lowest BCUT2D eigenvalue weighted by Crippen LogP contribution is -2.34. The number of aromatic nitrogens is 2. The number of nitrogens with zero attached hydrogens (tertiary/aromatic N) is 2. The molecule has 11 heteroatoms. The van der Waals surface area contributed by atoms with Gasteiger partial charge < -0.3 is 19.9 Å². The fourth-order valence-corrected chi connectivity index (χ4v) is 3.43. The molecule has 2 heterocycles. The molecule has 0 bridgehead atoms. The third kappa shape index (κ3) is 8.51. The van der Waals surface area contributed by atoms with Crippen LogP contribution in [0.25, 0.3) is 0 Å². The summed E-state index contributed by atoms with van der Waals surface area (Å²) in [5.41, 5.74) is 4.35. The molecule has 0 saturated carbocycles. The van der Waals surface area contributed by atoms with E-state index in [9.17, 15) is 18.0 Å². The van der Waals surface area contributed by atoms with Crippen LogP contribution < -0.4 is 5.32 Å².